The molecule has 0 saturated carbocycles. The Morgan fingerprint density at radius 1 is 1.33 bits per heavy atom. The van der Waals surface area contributed by atoms with Crippen molar-refractivity contribution in [1.29, 1.82) is 0 Å². The summed E-state index contributed by atoms with van der Waals surface area (Å²) in [6.45, 7) is 7.00. The van der Waals surface area contributed by atoms with E-state index in [1.807, 2.05) is 0 Å². The predicted molar refractivity (Wildman–Crippen MR) is 91.0 cm³/mol. The van der Waals surface area contributed by atoms with Gasteiger partial charge in [0.2, 0.25) is 5.91 Å². The van der Waals surface area contributed by atoms with E-state index in [-0.39, 0.29) is 18.3 Å². The van der Waals surface area contributed by atoms with Gasteiger partial charge in [-0.3, -0.25) is 9.69 Å². The molecule has 2 aliphatic rings. The zero-order valence-electron chi connectivity index (χ0n) is 14.5. The van der Waals surface area contributed by atoms with Crippen molar-refractivity contribution >= 4 is 17.5 Å². The third kappa shape index (κ3) is 3.77. The van der Waals surface area contributed by atoms with Gasteiger partial charge in [0.1, 0.15) is 11.6 Å². The molecular weight excluding hydrogens is 308 g/mol. The quantitative estimate of drug-likeness (QED) is 0.853. The van der Waals surface area contributed by atoms with Crippen molar-refractivity contribution in [2.45, 2.75) is 39.5 Å². The first-order chi connectivity index (χ1) is 11.5. The van der Waals surface area contributed by atoms with E-state index >= 15 is 0 Å². The van der Waals surface area contributed by atoms with Crippen LogP contribution >= 0.6 is 0 Å². The summed E-state index contributed by atoms with van der Waals surface area (Å²) in [5, 5.41) is 0. The molecule has 3 heterocycles. The van der Waals surface area contributed by atoms with Crippen LogP contribution < -0.4 is 15.4 Å². The van der Waals surface area contributed by atoms with Gasteiger partial charge >= 0.3 is 6.01 Å². The molecule has 2 N–H and O–H groups in total. The summed E-state index contributed by atoms with van der Waals surface area (Å²) in [6, 6.07) is 0.263. The summed E-state index contributed by atoms with van der Waals surface area (Å²) < 4.78 is 11.0. The largest absolute Gasteiger partial charge is 0.463 e. The Balaban J connectivity index is 1.74. The molecule has 0 spiro atoms. The van der Waals surface area contributed by atoms with E-state index in [9.17, 15) is 4.79 Å². The Hall–Kier alpha value is -1.89. The average molecular weight is 334 g/mol. The maximum Gasteiger partial charge on any atom is 0.320 e. The fourth-order valence-corrected chi connectivity index (χ4v) is 3.05. The van der Waals surface area contributed by atoms with Crippen molar-refractivity contribution in [3.8, 4) is 6.01 Å². The lowest BCUT2D eigenvalue weighted by Crippen LogP contribution is -2.35. The first-order valence-corrected chi connectivity index (χ1v) is 8.72. The number of hydrogen-bond acceptors (Lipinski definition) is 6. The molecule has 1 saturated heterocycles. The van der Waals surface area contributed by atoms with Gasteiger partial charge in [-0.15, -0.1) is 0 Å². The molecule has 0 bridgehead atoms. The van der Waals surface area contributed by atoms with Crippen molar-refractivity contribution in [3.05, 3.63) is 5.56 Å². The molecule has 1 aromatic rings. The van der Waals surface area contributed by atoms with E-state index < -0.39 is 0 Å². The number of anilines is 2. The summed E-state index contributed by atoms with van der Waals surface area (Å²) in [7, 11) is 0. The molecule has 0 aromatic carbocycles. The molecule has 7 heteroatoms. The molecule has 0 aliphatic carbocycles. The topological polar surface area (TPSA) is 90.6 Å². The van der Waals surface area contributed by atoms with Gasteiger partial charge in [-0.1, -0.05) is 13.8 Å². The van der Waals surface area contributed by atoms with Crippen molar-refractivity contribution in [3.63, 3.8) is 0 Å². The lowest BCUT2D eigenvalue weighted by atomic mass is 10.00. The Bertz CT molecular complexity index is 600. The Morgan fingerprint density at radius 2 is 2.08 bits per heavy atom. The Labute approximate surface area is 142 Å². The highest BCUT2D eigenvalue weighted by molar-refractivity contribution is 6.01. The van der Waals surface area contributed by atoms with E-state index in [0.717, 1.165) is 38.0 Å². The zero-order valence-corrected chi connectivity index (χ0v) is 14.5. The molecule has 7 nitrogen and oxygen atoms in total. The number of carbonyl (C=O) groups excluding carboxylic acids is 1. The summed E-state index contributed by atoms with van der Waals surface area (Å²) in [5.41, 5.74) is 6.76. The van der Waals surface area contributed by atoms with Crippen molar-refractivity contribution in [1.82, 2.24) is 9.97 Å². The Morgan fingerprint density at radius 3 is 2.79 bits per heavy atom. The van der Waals surface area contributed by atoms with Gasteiger partial charge in [-0.05, 0) is 31.1 Å². The number of hydrogen-bond donors (Lipinski definition) is 1. The molecule has 2 aliphatic heterocycles. The maximum atomic E-state index is 12.4. The first kappa shape index (κ1) is 17.0. The number of ether oxygens (including phenoxy) is 2. The maximum absolute atomic E-state index is 12.4. The Kier molecular flexibility index (Phi) is 5.18. The smallest absolute Gasteiger partial charge is 0.320 e. The van der Waals surface area contributed by atoms with Crippen molar-refractivity contribution in [2.75, 3.05) is 37.0 Å². The molecule has 0 radical (unpaired) electrons. The van der Waals surface area contributed by atoms with Crippen LogP contribution in [0.5, 0.6) is 6.01 Å². The molecule has 1 aromatic heterocycles. The average Bonchev–Trinajstić information content (AvgIpc) is 2.85. The van der Waals surface area contributed by atoms with E-state index in [4.69, 9.17) is 15.2 Å². The molecule has 0 atom stereocenters. The third-order valence-electron chi connectivity index (χ3n) is 4.59. The number of nitrogens with two attached hydrogens (primary N) is 1. The van der Waals surface area contributed by atoms with Gasteiger partial charge in [0.15, 0.2) is 0 Å². The van der Waals surface area contributed by atoms with E-state index in [1.165, 1.54) is 0 Å². The van der Waals surface area contributed by atoms with Crippen LogP contribution in [0.3, 0.4) is 0 Å². The third-order valence-corrected chi connectivity index (χ3v) is 4.59. The molecule has 1 fully saturated rings. The number of nitrogens with zero attached hydrogens (tertiary/aromatic N) is 3. The number of aromatic nitrogens is 2. The van der Waals surface area contributed by atoms with Gasteiger partial charge in [0.25, 0.3) is 0 Å². The van der Waals surface area contributed by atoms with E-state index in [2.05, 4.69) is 23.8 Å². The summed E-state index contributed by atoms with van der Waals surface area (Å²) >= 11 is 0. The monoisotopic (exact) mass is 334 g/mol. The van der Waals surface area contributed by atoms with Gasteiger partial charge in [-0.25, -0.2) is 0 Å². The molecule has 3 rings (SSSR count). The van der Waals surface area contributed by atoms with Gasteiger partial charge < -0.3 is 15.2 Å². The molecule has 0 unspecified atom stereocenters. The number of fused-ring (bicyclic) bond motifs is 1. The summed E-state index contributed by atoms with van der Waals surface area (Å²) in [4.78, 5) is 22.8. The molecular formula is C17H26N4O3. The van der Waals surface area contributed by atoms with Crippen LogP contribution in [0.25, 0.3) is 0 Å². The lowest BCUT2D eigenvalue weighted by Gasteiger charge is -2.27. The molecule has 24 heavy (non-hydrogen) atoms. The van der Waals surface area contributed by atoms with E-state index in [1.54, 1.807) is 4.90 Å². The normalized spacial score (nSPS) is 18.3. The minimum atomic E-state index is 0.0387. The van der Waals surface area contributed by atoms with E-state index in [0.29, 0.717) is 36.6 Å². The minimum Gasteiger partial charge on any atom is -0.463 e. The second kappa shape index (κ2) is 7.34. The van der Waals surface area contributed by atoms with Gasteiger partial charge in [-0.2, -0.15) is 9.97 Å². The van der Waals surface area contributed by atoms with Crippen LogP contribution in [0, 0.1) is 11.8 Å². The van der Waals surface area contributed by atoms with Crippen LogP contribution in [0.2, 0.25) is 0 Å². The fraction of sp³-hybridized carbons (Fsp3) is 0.706. The molecule has 132 valence electrons. The SMILES string of the molecule is CC(C)CCOc1nc(N)c2c(n1)N(CC1CCOCC1)C(=O)C2. The number of carbonyl (C=O) groups is 1. The standard InChI is InChI=1S/C17H26N4O3/c1-11(2)3-8-24-17-19-15(18)13-9-14(22)21(16(13)20-17)10-12-4-6-23-7-5-12/h11-12H,3-10H2,1-2H3,(H2,18,19,20). The number of amides is 1. The van der Waals surface area contributed by atoms with Crippen LogP contribution in [0.15, 0.2) is 0 Å². The van der Waals surface area contributed by atoms with Crippen molar-refractivity contribution < 1.29 is 14.3 Å². The summed E-state index contributed by atoms with van der Waals surface area (Å²) in [5.74, 6) is 2.00. The molecule has 1 amide bonds. The van der Waals surface area contributed by atoms with Crippen LogP contribution in [-0.2, 0) is 16.0 Å². The van der Waals surface area contributed by atoms with Crippen molar-refractivity contribution in [2.24, 2.45) is 11.8 Å². The highest BCUT2D eigenvalue weighted by Gasteiger charge is 2.34. The minimum absolute atomic E-state index is 0.0387. The second-order valence-corrected chi connectivity index (χ2v) is 6.96. The highest BCUT2D eigenvalue weighted by atomic mass is 16.5. The van der Waals surface area contributed by atoms with Gasteiger partial charge in [0.05, 0.1) is 13.0 Å². The second-order valence-electron chi connectivity index (χ2n) is 6.96. The fourth-order valence-electron chi connectivity index (χ4n) is 3.05. The number of nitrogen functional groups attached to an aromatic ring is 1. The van der Waals surface area contributed by atoms with Gasteiger partial charge in [0, 0.05) is 25.3 Å². The van der Waals surface area contributed by atoms with Crippen LogP contribution in [0.4, 0.5) is 11.6 Å². The number of rotatable bonds is 6. The lowest BCUT2D eigenvalue weighted by molar-refractivity contribution is -0.117. The van der Waals surface area contributed by atoms with Crippen LogP contribution in [0.1, 0.15) is 38.7 Å². The predicted octanol–water partition coefficient (Wildman–Crippen LogP) is 1.80. The summed E-state index contributed by atoms with van der Waals surface area (Å²) in [6.07, 6.45) is 3.14. The zero-order chi connectivity index (χ0) is 17.1. The van der Waals surface area contributed by atoms with Crippen LogP contribution in [-0.4, -0.2) is 42.2 Å². The first-order valence-electron chi connectivity index (χ1n) is 8.72. The highest BCUT2D eigenvalue weighted by Crippen LogP contribution is 2.33.